The number of aryl methyl sites for hydroxylation is 1. The zero-order chi connectivity index (χ0) is 70.1. The summed E-state index contributed by atoms with van der Waals surface area (Å²) >= 11 is 0. The number of carbonyl (C=O) groups excluding carboxylic acids is 6. The molecule has 6 amide bonds. The second-order valence-electron chi connectivity index (χ2n) is 25.0. The number of aliphatic hydroxyl groups excluding tert-OH is 5. The van der Waals surface area contributed by atoms with Crippen molar-refractivity contribution in [3.63, 3.8) is 0 Å². The third-order valence-corrected chi connectivity index (χ3v) is 17.6. The molecule has 2 fully saturated rings. The molecule has 2 aromatic carbocycles. The summed E-state index contributed by atoms with van der Waals surface area (Å²) in [7, 11) is 6.03. The Hall–Kier alpha value is -6.73. The number of methoxy groups -OCH3 is 2. The highest BCUT2D eigenvalue weighted by atomic mass is 16.7. The largest absolute Gasteiger partial charge is 0.461 e. The monoisotopic (exact) mass is 1340 g/mol. The van der Waals surface area contributed by atoms with E-state index in [9.17, 15) is 54.3 Å². The third kappa shape index (κ3) is 22.1. The minimum absolute atomic E-state index is 0.0176. The highest BCUT2D eigenvalue weighted by Gasteiger charge is 2.46. The topological polar surface area (TPSA) is 385 Å². The average molecular weight is 1340 g/mol. The van der Waals surface area contributed by atoms with Crippen LogP contribution in [-0.4, -0.2) is 243 Å². The van der Waals surface area contributed by atoms with Crippen molar-refractivity contribution in [2.45, 2.75) is 180 Å². The number of azide groups is 1. The van der Waals surface area contributed by atoms with Gasteiger partial charge in [0.2, 0.25) is 35.8 Å². The molecular formula is C66H103N9O20. The fraction of sp³-hybridized carbons (Fsp3) is 0.697. The fourth-order valence-electron chi connectivity index (χ4n) is 12.0. The second kappa shape index (κ2) is 39.5. The molecule has 5 rings (SSSR count). The fourth-order valence-corrected chi connectivity index (χ4v) is 12.0. The first-order chi connectivity index (χ1) is 45.3. The van der Waals surface area contributed by atoms with Gasteiger partial charge < -0.3 is 93.6 Å². The Morgan fingerprint density at radius 3 is 2.13 bits per heavy atom. The summed E-state index contributed by atoms with van der Waals surface area (Å²) in [4.78, 5) is 91.9. The summed E-state index contributed by atoms with van der Waals surface area (Å²) in [6.07, 6.45) is -9.47. The van der Waals surface area contributed by atoms with E-state index in [4.69, 9.17) is 47.8 Å². The van der Waals surface area contributed by atoms with Crippen LogP contribution in [0.25, 0.3) is 21.4 Å². The molecule has 2 aliphatic rings. The predicted octanol–water partition coefficient (Wildman–Crippen LogP) is 3.91. The lowest BCUT2D eigenvalue weighted by molar-refractivity contribution is -0.277. The number of amides is 6. The number of carbonyl (C=O) groups is 6. The number of likely N-dealkylation sites (tertiary alicyclic amines) is 1. The number of hydrogen-bond donors (Lipinski definition) is 8. The SMILES string of the molecule is CCC(C)[C@@H]([C@@H](CC(=O)N1CCC[C@H]1[C@H](OC)[C@@H](C)C(=O)NC(C)C(O)c1ccccc1)OC)N(C)C(=O)[C@@H](NC(=O)[C@H](C(C)C)N(C)C(=O)OCc1ccc(O[C@@H]2O[C@H](CO)[C@H](O)[C@H](O)[C@H]2O)c2cc(CCC(=O)NCCOCCOCCOCCN=[N+]=[N-])oc12)C(C)C. The minimum Gasteiger partial charge on any atom is -0.461 e. The lowest BCUT2D eigenvalue weighted by atomic mass is 9.89. The van der Waals surface area contributed by atoms with E-state index in [2.05, 4.69) is 26.0 Å². The number of hydrogen-bond acceptors (Lipinski definition) is 21. The molecule has 0 aliphatic carbocycles. The highest BCUT2D eigenvalue weighted by Crippen LogP contribution is 2.36. The van der Waals surface area contributed by atoms with Crippen molar-refractivity contribution in [3.05, 3.63) is 75.9 Å². The Labute approximate surface area is 556 Å². The van der Waals surface area contributed by atoms with Gasteiger partial charge in [0.25, 0.3) is 0 Å². The normalized spacial score (nSPS) is 20.9. The van der Waals surface area contributed by atoms with E-state index in [1.807, 2.05) is 32.0 Å². The number of benzene rings is 2. The minimum atomic E-state index is -1.75. The molecule has 3 heterocycles. The quantitative estimate of drug-likeness (QED) is 0.0173. The molecule has 8 N–H and O–H groups in total. The van der Waals surface area contributed by atoms with E-state index < -0.39 is 128 Å². The van der Waals surface area contributed by atoms with Crippen LogP contribution in [0.1, 0.15) is 110 Å². The summed E-state index contributed by atoms with van der Waals surface area (Å²) in [6.45, 7) is 16.0. The molecule has 15 atom stereocenters. The van der Waals surface area contributed by atoms with Crippen LogP contribution in [0.4, 0.5) is 4.79 Å². The van der Waals surface area contributed by atoms with Crippen molar-refractivity contribution >= 4 is 46.6 Å². The molecule has 0 bridgehead atoms. The van der Waals surface area contributed by atoms with Gasteiger partial charge in [-0.1, -0.05) is 90.3 Å². The molecule has 29 nitrogen and oxygen atoms in total. The van der Waals surface area contributed by atoms with Gasteiger partial charge in [0, 0.05) is 71.3 Å². The van der Waals surface area contributed by atoms with Gasteiger partial charge in [0.15, 0.2) is 0 Å². The molecule has 0 saturated carbocycles. The molecule has 2 aliphatic heterocycles. The Morgan fingerprint density at radius 1 is 0.832 bits per heavy atom. The summed E-state index contributed by atoms with van der Waals surface area (Å²) in [5, 5.41) is 64.9. The van der Waals surface area contributed by atoms with Crippen molar-refractivity contribution in [2.24, 2.45) is 28.8 Å². The van der Waals surface area contributed by atoms with Crippen molar-refractivity contribution in [1.29, 1.82) is 0 Å². The van der Waals surface area contributed by atoms with Gasteiger partial charge in [-0.2, -0.15) is 0 Å². The van der Waals surface area contributed by atoms with Gasteiger partial charge >= 0.3 is 6.09 Å². The standard InChI is InChI=1S/C66H103N9O20/c1-13-40(6)55(49(87-11)35-52(78)75-27-17-20-47(75)60(88-12)41(7)62(83)70-42(8)56(79)43-18-15-14-16-19-43)73(9)64(85)53(38(2)3)71-63(84)54(39(4)5)74(10)66(86)92-37-44-21-23-48(94-65-59(82)58(81)57(80)50(36-76)95-65)46-34-45(93-61(44)46)22-24-51(77)68-25-28-89-30-32-91-33-31-90-29-26-69-72-67/h14-16,18-19,21,23,34,38-42,47,49-50,53-60,65,76,79-82H,13,17,20,22,24-33,35-37H2,1-12H3,(H,68,77)(H,70,83)(H,71,84)/t40?,41-,42?,47+,49-,50-,53+,54+,55+,56?,57+,58+,59-,60-,65-/m1/s1. The van der Waals surface area contributed by atoms with Crippen molar-refractivity contribution in [2.75, 3.05) is 94.2 Å². The zero-order valence-electron chi connectivity index (χ0n) is 57.0. The maximum Gasteiger partial charge on any atom is 0.410 e. The number of furan rings is 1. The third-order valence-electron chi connectivity index (χ3n) is 17.6. The average Bonchev–Trinajstić information content (AvgIpc) is 1.73. The molecule has 1 aromatic heterocycles. The molecule has 0 spiro atoms. The zero-order valence-corrected chi connectivity index (χ0v) is 57.0. The van der Waals surface area contributed by atoms with Crippen LogP contribution >= 0.6 is 0 Å². The van der Waals surface area contributed by atoms with Gasteiger partial charge in [-0.3, -0.25) is 28.9 Å². The van der Waals surface area contributed by atoms with E-state index in [0.29, 0.717) is 74.5 Å². The molecular weight excluding hydrogens is 1240 g/mol. The maximum absolute atomic E-state index is 14.9. The summed E-state index contributed by atoms with van der Waals surface area (Å²) < 4.78 is 52.1. The summed E-state index contributed by atoms with van der Waals surface area (Å²) in [6, 6.07) is 9.65. The first kappa shape index (κ1) is 79.0. The molecule has 95 heavy (non-hydrogen) atoms. The maximum atomic E-state index is 14.9. The lowest BCUT2D eigenvalue weighted by Gasteiger charge is -2.41. The number of nitrogens with zero attached hydrogens (tertiary/aromatic N) is 6. The number of rotatable bonds is 40. The first-order valence-electron chi connectivity index (χ1n) is 32.7. The van der Waals surface area contributed by atoms with E-state index in [1.165, 1.54) is 38.3 Å². The van der Waals surface area contributed by atoms with E-state index in [0.717, 1.165) is 4.90 Å². The van der Waals surface area contributed by atoms with Crippen LogP contribution < -0.4 is 20.7 Å². The smallest absolute Gasteiger partial charge is 0.410 e. The van der Waals surface area contributed by atoms with E-state index >= 15 is 0 Å². The number of nitrogens with one attached hydrogen (secondary N) is 3. The predicted molar refractivity (Wildman–Crippen MR) is 347 cm³/mol. The Balaban J connectivity index is 1.25. The van der Waals surface area contributed by atoms with Crippen LogP contribution in [0, 0.1) is 23.7 Å². The molecule has 3 aromatic rings. The van der Waals surface area contributed by atoms with E-state index in [-0.39, 0.29) is 80.5 Å². The Kier molecular flexibility index (Phi) is 32.8. The summed E-state index contributed by atoms with van der Waals surface area (Å²) in [5.74, 6) is -3.45. The van der Waals surface area contributed by atoms with Crippen LogP contribution in [0.3, 0.4) is 0 Å². The van der Waals surface area contributed by atoms with Gasteiger partial charge in [0.1, 0.15) is 60.2 Å². The molecule has 532 valence electrons. The van der Waals surface area contributed by atoms with Crippen LogP contribution in [0.2, 0.25) is 0 Å². The molecule has 3 unspecified atom stereocenters. The van der Waals surface area contributed by atoms with Crippen molar-refractivity contribution in [1.82, 2.24) is 30.7 Å². The second-order valence-corrected chi connectivity index (χ2v) is 25.0. The van der Waals surface area contributed by atoms with Crippen LogP contribution in [-0.2, 0) is 70.2 Å². The number of fused-ring (bicyclic) bond motifs is 1. The van der Waals surface area contributed by atoms with Gasteiger partial charge in [-0.15, -0.1) is 0 Å². The molecule has 29 heteroatoms. The van der Waals surface area contributed by atoms with Gasteiger partial charge in [-0.25, -0.2) is 4.79 Å². The Bertz CT molecular complexity index is 2930. The molecule has 2 saturated heterocycles. The number of likely N-dealkylation sites (N-methyl/N-ethyl adjacent to an activating group) is 2. The summed E-state index contributed by atoms with van der Waals surface area (Å²) in [5.41, 5.74) is 9.46. The van der Waals surface area contributed by atoms with Crippen molar-refractivity contribution < 1.29 is 96.6 Å². The van der Waals surface area contributed by atoms with Crippen LogP contribution in [0.5, 0.6) is 5.75 Å². The number of ether oxygens (including phenoxy) is 8. The van der Waals surface area contributed by atoms with E-state index in [1.54, 1.807) is 71.7 Å². The Morgan fingerprint density at radius 2 is 1.51 bits per heavy atom. The number of aliphatic hydroxyl groups is 5. The highest BCUT2D eigenvalue weighted by molar-refractivity contribution is 5.92. The first-order valence-corrected chi connectivity index (χ1v) is 32.7. The van der Waals surface area contributed by atoms with Gasteiger partial charge in [0.05, 0.1) is 100 Å². The van der Waals surface area contributed by atoms with Crippen molar-refractivity contribution in [3.8, 4) is 5.75 Å². The van der Waals surface area contributed by atoms with Gasteiger partial charge in [-0.05, 0) is 66.8 Å². The molecule has 0 radical (unpaired) electrons. The lowest BCUT2D eigenvalue weighted by Crippen LogP contribution is -2.60. The van der Waals surface area contributed by atoms with Crippen LogP contribution in [0.15, 0.2) is 58.1 Å².